The van der Waals surface area contributed by atoms with Gasteiger partial charge in [-0.3, -0.25) is 4.79 Å². The lowest BCUT2D eigenvalue weighted by Gasteiger charge is -2.04. The summed E-state index contributed by atoms with van der Waals surface area (Å²) < 4.78 is 0. The zero-order valence-corrected chi connectivity index (χ0v) is 7.16. The molecule has 0 saturated heterocycles. The first-order valence-corrected chi connectivity index (χ1v) is 3.74. The zero-order valence-electron chi connectivity index (χ0n) is 7.16. The predicted molar refractivity (Wildman–Crippen MR) is 50.4 cm³/mol. The van der Waals surface area contributed by atoms with Crippen molar-refractivity contribution < 1.29 is 4.79 Å². The maximum absolute atomic E-state index is 10.1. The highest BCUT2D eigenvalue weighted by Gasteiger charge is 2.00. The van der Waals surface area contributed by atoms with Crippen LogP contribution in [0.15, 0.2) is 18.2 Å². The van der Waals surface area contributed by atoms with Crippen LogP contribution in [-0.2, 0) is 4.79 Å². The number of nitrogens with zero attached hydrogens (tertiary/aromatic N) is 1. The van der Waals surface area contributed by atoms with Crippen molar-refractivity contribution in [2.45, 2.75) is 0 Å². The molecule has 0 unspecified atom stereocenters. The van der Waals surface area contributed by atoms with E-state index in [1.165, 1.54) is 0 Å². The van der Waals surface area contributed by atoms with Crippen LogP contribution in [0.5, 0.6) is 0 Å². The number of benzene rings is 1. The molecule has 0 radical (unpaired) electrons. The van der Waals surface area contributed by atoms with E-state index in [-0.39, 0.29) is 0 Å². The molecule has 0 aromatic heterocycles. The van der Waals surface area contributed by atoms with E-state index in [2.05, 4.69) is 10.6 Å². The molecule has 0 aliphatic rings. The highest BCUT2D eigenvalue weighted by atomic mass is 16.1. The normalized spacial score (nSPS) is 8.62. The van der Waals surface area contributed by atoms with Crippen molar-refractivity contribution in [2.24, 2.45) is 0 Å². The van der Waals surface area contributed by atoms with Gasteiger partial charge in [-0.05, 0) is 18.2 Å². The van der Waals surface area contributed by atoms with E-state index in [1.54, 1.807) is 25.2 Å². The molecule has 0 aliphatic heterocycles. The number of amides is 1. The van der Waals surface area contributed by atoms with Gasteiger partial charge in [-0.15, -0.1) is 0 Å². The largest absolute Gasteiger partial charge is 0.387 e. The number of nitriles is 1. The van der Waals surface area contributed by atoms with Gasteiger partial charge in [0.2, 0.25) is 6.41 Å². The van der Waals surface area contributed by atoms with Gasteiger partial charge in [0, 0.05) is 12.7 Å². The summed E-state index contributed by atoms with van der Waals surface area (Å²) in [7, 11) is 1.74. The van der Waals surface area contributed by atoms with Crippen LogP contribution in [0.1, 0.15) is 5.56 Å². The Hall–Kier alpha value is -2.02. The van der Waals surface area contributed by atoms with Crippen LogP contribution in [0, 0.1) is 11.3 Å². The van der Waals surface area contributed by atoms with Crippen LogP contribution >= 0.6 is 0 Å². The minimum Gasteiger partial charge on any atom is -0.387 e. The van der Waals surface area contributed by atoms with Crippen molar-refractivity contribution in [3.63, 3.8) is 0 Å². The Morgan fingerprint density at radius 2 is 2.31 bits per heavy atom. The van der Waals surface area contributed by atoms with E-state index < -0.39 is 0 Å². The van der Waals surface area contributed by atoms with Gasteiger partial charge in [0.05, 0.1) is 11.3 Å². The highest BCUT2D eigenvalue weighted by Crippen LogP contribution is 2.18. The van der Waals surface area contributed by atoms with Crippen LogP contribution in [0.4, 0.5) is 11.4 Å². The molecular weight excluding hydrogens is 166 g/mol. The Balaban J connectivity index is 3.07. The van der Waals surface area contributed by atoms with E-state index in [0.717, 1.165) is 5.69 Å². The summed E-state index contributed by atoms with van der Waals surface area (Å²) in [6.07, 6.45) is 0.579. The SMILES string of the molecule is CNc1ccc(NC=O)cc1C#N. The van der Waals surface area contributed by atoms with Crippen LogP contribution in [0.3, 0.4) is 0 Å². The quantitative estimate of drug-likeness (QED) is 0.677. The minimum atomic E-state index is 0.509. The molecule has 1 aromatic rings. The van der Waals surface area contributed by atoms with Gasteiger partial charge < -0.3 is 10.6 Å². The first-order chi connectivity index (χ1) is 6.31. The molecule has 0 fully saturated rings. The fourth-order valence-electron chi connectivity index (χ4n) is 1.01. The average molecular weight is 175 g/mol. The predicted octanol–water partition coefficient (Wildman–Crippen LogP) is 1.17. The molecule has 0 bridgehead atoms. The molecule has 66 valence electrons. The van der Waals surface area contributed by atoms with E-state index in [1.807, 2.05) is 6.07 Å². The van der Waals surface area contributed by atoms with E-state index in [9.17, 15) is 4.79 Å². The first-order valence-electron chi connectivity index (χ1n) is 3.74. The number of carbonyl (C=O) groups is 1. The third-order valence-electron chi connectivity index (χ3n) is 1.63. The van der Waals surface area contributed by atoms with Crippen molar-refractivity contribution in [1.82, 2.24) is 0 Å². The highest BCUT2D eigenvalue weighted by molar-refractivity contribution is 5.74. The van der Waals surface area contributed by atoms with Crippen molar-refractivity contribution in [3.05, 3.63) is 23.8 Å². The van der Waals surface area contributed by atoms with Crippen LogP contribution < -0.4 is 10.6 Å². The molecule has 1 aromatic carbocycles. The Kier molecular flexibility index (Phi) is 2.87. The second kappa shape index (κ2) is 4.12. The second-order valence-corrected chi connectivity index (χ2v) is 2.38. The monoisotopic (exact) mass is 175 g/mol. The van der Waals surface area contributed by atoms with Gasteiger partial charge in [0.15, 0.2) is 0 Å². The zero-order chi connectivity index (χ0) is 9.68. The van der Waals surface area contributed by atoms with Crippen molar-refractivity contribution in [3.8, 4) is 6.07 Å². The lowest BCUT2D eigenvalue weighted by atomic mass is 10.1. The number of hydrogen-bond acceptors (Lipinski definition) is 3. The molecule has 4 heteroatoms. The summed E-state index contributed by atoms with van der Waals surface area (Å²) in [6.45, 7) is 0. The maximum Gasteiger partial charge on any atom is 0.211 e. The summed E-state index contributed by atoms with van der Waals surface area (Å²) in [6, 6.07) is 7.10. The van der Waals surface area contributed by atoms with Gasteiger partial charge in [0.1, 0.15) is 6.07 Å². The smallest absolute Gasteiger partial charge is 0.211 e. The molecule has 13 heavy (non-hydrogen) atoms. The molecule has 0 spiro atoms. The van der Waals surface area contributed by atoms with Gasteiger partial charge in [-0.25, -0.2) is 0 Å². The van der Waals surface area contributed by atoms with Gasteiger partial charge in [-0.2, -0.15) is 5.26 Å². The third kappa shape index (κ3) is 1.97. The van der Waals surface area contributed by atoms with Crippen LogP contribution in [-0.4, -0.2) is 13.5 Å². The lowest BCUT2D eigenvalue weighted by Crippen LogP contribution is -1.97. The number of anilines is 2. The van der Waals surface area contributed by atoms with Crippen molar-refractivity contribution >= 4 is 17.8 Å². The van der Waals surface area contributed by atoms with Gasteiger partial charge in [0.25, 0.3) is 0 Å². The Bertz CT molecular complexity index is 354. The number of rotatable bonds is 3. The van der Waals surface area contributed by atoms with E-state index in [0.29, 0.717) is 17.7 Å². The molecule has 1 rings (SSSR count). The standard InChI is InChI=1S/C9H9N3O/c1-11-9-3-2-8(12-6-13)4-7(9)5-10/h2-4,6,11H,1H3,(H,12,13). The summed E-state index contributed by atoms with van der Waals surface area (Å²) in [4.78, 5) is 10.1. The summed E-state index contributed by atoms with van der Waals surface area (Å²) in [5.74, 6) is 0. The fraction of sp³-hybridized carbons (Fsp3) is 0.111. The Morgan fingerprint density at radius 3 is 2.85 bits per heavy atom. The van der Waals surface area contributed by atoms with Crippen LogP contribution in [0.25, 0.3) is 0 Å². The third-order valence-corrected chi connectivity index (χ3v) is 1.63. The second-order valence-electron chi connectivity index (χ2n) is 2.38. The fourth-order valence-corrected chi connectivity index (χ4v) is 1.01. The number of hydrogen-bond donors (Lipinski definition) is 2. The van der Waals surface area contributed by atoms with Crippen molar-refractivity contribution in [2.75, 3.05) is 17.7 Å². The molecule has 2 N–H and O–H groups in total. The molecule has 1 amide bonds. The summed E-state index contributed by atoms with van der Waals surface area (Å²) in [5.41, 5.74) is 1.87. The molecular formula is C9H9N3O. The van der Waals surface area contributed by atoms with Crippen molar-refractivity contribution in [1.29, 1.82) is 5.26 Å². The molecule has 0 saturated carbocycles. The molecule has 0 heterocycles. The minimum absolute atomic E-state index is 0.509. The summed E-state index contributed by atoms with van der Waals surface area (Å²) in [5, 5.41) is 14.1. The molecule has 4 nitrogen and oxygen atoms in total. The topological polar surface area (TPSA) is 64.9 Å². The maximum atomic E-state index is 10.1. The van der Waals surface area contributed by atoms with E-state index in [4.69, 9.17) is 5.26 Å². The Labute approximate surface area is 76.2 Å². The first kappa shape index (κ1) is 9.07. The number of carbonyl (C=O) groups excluding carboxylic acids is 1. The summed E-state index contributed by atoms with van der Waals surface area (Å²) >= 11 is 0. The average Bonchev–Trinajstić information content (AvgIpc) is 2.18. The van der Waals surface area contributed by atoms with E-state index >= 15 is 0 Å². The lowest BCUT2D eigenvalue weighted by molar-refractivity contribution is -0.105. The van der Waals surface area contributed by atoms with Gasteiger partial charge >= 0.3 is 0 Å². The number of nitrogens with one attached hydrogen (secondary N) is 2. The van der Waals surface area contributed by atoms with Gasteiger partial charge in [-0.1, -0.05) is 0 Å². The Morgan fingerprint density at radius 1 is 1.54 bits per heavy atom. The van der Waals surface area contributed by atoms with Crippen LogP contribution in [0.2, 0.25) is 0 Å². The molecule has 0 aliphatic carbocycles. The molecule has 0 atom stereocenters.